The van der Waals surface area contributed by atoms with Gasteiger partial charge in [-0.2, -0.15) is 0 Å². The van der Waals surface area contributed by atoms with E-state index in [4.69, 9.17) is 16.6 Å². The molecule has 0 aliphatic heterocycles. The molecule has 108 valence electrons. The summed E-state index contributed by atoms with van der Waals surface area (Å²) in [5, 5.41) is 0. The van der Waals surface area contributed by atoms with Crippen molar-refractivity contribution in [2.75, 3.05) is 0 Å². The Balaban J connectivity index is 2.21. The Morgan fingerprint density at radius 2 is 2.00 bits per heavy atom. The molecule has 0 aliphatic carbocycles. The maximum absolute atomic E-state index is 6.13. The van der Waals surface area contributed by atoms with E-state index in [9.17, 15) is 0 Å². The Morgan fingerprint density at radius 3 is 2.71 bits per heavy atom. The van der Waals surface area contributed by atoms with Gasteiger partial charge in [0.2, 0.25) is 0 Å². The largest absolute Gasteiger partial charge is 0.320 e. The third kappa shape index (κ3) is 2.60. The first kappa shape index (κ1) is 14.6. The second-order valence-corrected chi connectivity index (χ2v) is 6.39. The van der Waals surface area contributed by atoms with Gasteiger partial charge in [0, 0.05) is 4.47 Å². The van der Waals surface area contributed by atoms with E-state index in [1.807, 2.05) is 6.07 Å². The lowest BCUT2D eigenvalue weighted by Crippen LogP contribution is -2.09. The zero-order valence-electron chi connectivity index (χ0n) is 12.0. The van der Waals surface area contributed by atoms with Crippen molar-refractivity contribution < 1.29 is 0 Å². The molecule has 1 aromatic heterocycles. The van der Waals surface area contributed by atoms with Gasteiger partial charge in [0.25, 0.3) is 0 Å². The average Bonchev–Trinajstić information content (AvgIpc) is 2.86. The van der Waals surface area contributed by atoms with E-state index in [1.54, 1.807) is 0 Å². The number of aromatic nitrogens is 2. The molecule has 0 amide bonds. The van der Waals surface area contributed by atoms with Crippen LogP contribution in [0.4, 0.5) is 0 Å². The molecule has 0 aliphatic rings. The number of halogens is 2. The molecule has 2 nitrogen and oxygen atoms in total. The highest BCUT2D eigenvalue weighted by atomic mass is 79.9. The fourth-order valence-electron chi connectivity index (χ4n) is 2.75. The number of para-hydroxylation sites is 1. The predicted octanol–water partition coefficient (Wildman–Crippen LogP) is 5.46. The van der Waals surface area contributed by atoms with Gasteiger partial charge >= 0.3 is 0 Å². The number of aryl methyl sites for hydroxylation is 1. The van der Waals surface area contributed by atoms with E-state index in [-0.39, 0.29) is 6.04 Å². The molecule has 0 N–H and O–H groups in total. The van der Waals surface area contributed by atoms with Gasteiger partial charge in [-0.3, -0.25) is 0 Å². The van der Waals surface area contributed by atoms with Crippen LogP contribution in [0.15, 0.2) is 46.9 Å². The van der Waals surface area contributed by atoms with Gasteiger partial charge in [0.15, 0.2) is 0 Å². The normalized spacial score (nSPS) is 12.8. The van der Waals surface area contributed by atoms with Gasteiger partial charge in [-0.1, -0.05) is 40.2 Å². The highest BCUT2D eigenvalue weighted by molar-refractivity contribution is 9.10. The Bertz CT molecular complexity index is 795. The van der Waals surface area contributed by atoms with Gasteiger partial charge in [0.1, 0.15) is 5.82 Å². The highest BCUT2D eigenvalue weighted by Gasteiger charge is 2.17. The molecule has 1 atom stereocenters. The zero-order valence-corrected chi connectivity index (χ0v) is 14.3. The van der Waals surface area contributed by atoms with E-state index in [0.717, 1.165) is 21.3 Å². The number of benzene rings is 2. The minimum atomic E-state index is 0.183. The fourth-order valence-corrected chi connectivity index (χ4v) is 3.35. The number of hydrogen-bond donors (Lipinski definition) is 0. The smallest absolute Gasteiger partial charge is 0.125 e. The van der Waals surface area contributed by atoms with Crippen LogP contribution in [0.25, 0.3) is 11.0 Å². The lowest BCUT2D eigenvalue weighted by atomic mass is 10.1. The van der Waals surface area contributed by atoms with E-state index in [1.165, 1.54) is 11.1 Å². The maximum Gasteiger partial charge on any atom is 0.125 e. The first-order valence-electron chi connectivity index (χ1n) is 6.89. The summed E-state index contributed by atoms with van der Waals surface area (Å²) in [7, 11) is 0. The van der Waals surface area contributed by atoms with Crippen LogP contribution in [0.5, 0.6) is 0 Å². The van der Waals surface area contributed by atoms with Crippen molar-refractivity contribution >= 4 is 38.6 Å². The van der Waals surface area contributed by atoms with Crippen LogP contribution in [0, 0.1) is 6.92 Å². The van der Waals surface area contributed by atoms with Gasteiger partial charge in [0.05, 0.1) is 23.0 Å². The first-order valence-corrected chi connectivity index (χ1v) is 8.22. The fraction of sp³-hybridized carbons (Fsp3) is 0.235. The number of nitrogens with zero attached hydrogens (tertiary/aromatic N) is 2. The van der Waals surface area contributed by atoms with Crippen molar-refractivity contribution in [3.05, 3.63) is 63.9 Å². The van der Waals surface area contributed by atoms with Crippen LogP contribution < -0.4 is 0 Å². The highest BCUT2D eigenvalue weighted by Crippen LogP contribution is 2.29. The SMILES string of the molecule is Cc1cccc2c1nc(CCl)n2C(C)c1cccc(Br)c1. The molecule has 0 bridgehead atoms. The minimum Gasteiger partial charge on any atom is -0.320 e. The molecule has 1 heterocycles. The summed E-state index contributed by atoms with van der Waals surface area (Å²) >= 11 is 9.67. The van der Waals surface area contributed by atoms with Crippen molar-refractivity contribution in [3.63, 3.8) is 0 Å². The third-order valence-corrected chi connectivity index (χ3v) is 4.57. The van der Waals surface area contributed by atoms with Crippen LogP contribution in [-0.2, 0) is 5.88 Å². The summed E-state index contributed by atoms with van der Waals surface area (Å²) in [5.74, 6) is 1.32. The Labute approximate surface area is 137 Å². The number of rotatable bonds is 3. The topological polar surface area (TPSA) is 17.8 Å². The van der Waals surface area contributed by atoms with Crippen molar-refractivity contribution in [2.24, 2.45) is 0 Å². The number of alkyl halides is 1. The molecular formula is C17H16BrClN2. The monoisotopic (exact) mass is 362 g/mol. The van der Waals surface area contributed by atoms with Crippen molar-refractivity contribution in [1.82, 2.24) is 9.55 Å². The zero-order chi connectivity index (χ0) is 15.0. The Hall–Kier alpha value is -1.32. The molecule has 1 unspecified atom stereocenters. The second kappa shape index (κ2) is 5.82. The molecule has 0 saturated carbocycles. The van der Waals surface area contributed by atoms with E-state index in [0.29, 0.717) is 5.88 Å². The molecular weight excluding hydrogens is 348 g/mol. The summed E-state index contributed by atoms with van der Waals surface area (Å²) in [5.41, 5.74) is 4.59. The molecule has 0 saturated heterocycles. The van der Waals surface area contributed by atoms with Crippen LogP contribution in [0.3, 0.4) is 0 Å². The molecule has 2 aromatic carbocycles. The molecule has 3 rings (SSSR count). The van der Waals surface area contributed by atoms with Gasteiger partial charge in [-0.05, 0) is 43.2 Å². The standard InChI is InChI=1S/C17H16BrClN2/c1-11-5-3-8-15-17(11)20-16(10-19)21(15)12(2)13-6-4-7-14(18)9-13/h3-9,12H,10H2,1-2H3. The third-order valence-electron chi connectivity index (χ3n) is 3.83. The van der Waals surface area contributed by atoms with E-state index >= 15 is 0 Å². The van der Waals surface area contributed by atoms with Crippen LogP contribution >= 0.6 is 27.5 Å². The summed E-state index contributed by atoms with van der Waals surface area (Å²) in [6, 6.07) is 14.8. The van der Waals surface area contributed by atoms with Crippen molar-refractivity contribution in [1.29, 1.82) is 0 Å². The van der Waals surface area contributed by atoms with Crippen LogP contribution in [0.2, 0.25) is 0 Å². The molecule has 0 radical (unpaired) electrons. The van der Waals surface area contributed by atoms with Crippen molar-refractivity contribution in [3.8, 4) is 0 Å². The molecule has 4 heteroatoms. The summed E-state index contributed by atoms with van der Waals surface area (Å²) < 4.78 is 3.32. The molecule has 21 heavy (non-hydrogen) atoms. The van der Waals surface area contributed by atoms with Crippen molar-refractivity contribution in [2.45, 2.75) is 25.8 Å². The van der Waals surface area contributed by atoms with Crippen LogP contribution in [0.1, 0.15) is 29.9 Å². The second-order valence-electron chi connectivity index (χ2n) is 5.21. The molecule has 0 spiro atoms. The minimum absolute atomic E-state index is 0.183. The quantitative estimate of drug-likeness (QED) is 0.565. The van der Waals surface area contributed by atoms with E-state index in [2.05, 4.69) is 70.7 Å². The Morgan fingerprint density at radius 1 is 1.24 bits per heavy atom. The van der Waals surface area contributed by atoms with Crippen LogP contribution in [-0.4, -0.2) is 9.55 Å². The summed E-state index contributed by atoms with van der Waals surface area (Å²) in [6.45, 7) is 4.27. The average molecular weight is 364 g/mol. The summed E-state index contributed by atoms with van der Waals surface area (Å²) in [4.78, 5) is 4.72. The number of fused-ring (bicyclic) bond motifs is 1. The molecule has 0 fully saturated rings. The first-order chi connectivity index (χ1) is 10.1. The lowest BCUT2D eigenvalue weighted by molar-refractivity contribution is 0.633. The lowest BCUT2D eigenvalue weighted by Gasteiger charge is -2.18. The maximum atomic E-state index is 6.13. The number of hydrogen-bond acceptors (Lipinski definition) is 1. The van der Waals surface area contributed by atoms with Gasteiger partial charge in [-0.25, -0.2) is 4.98 Å². The van der Waals surface area contributed by atoms with Gasteiger partial charge in [-0.15, -0.1) is 11.6 Å². The van der Waals surface area contributed by atoms with E-state index < -0.39 is 0 Å². The number of imidazole rings is 1. The summed E-state index contributed by atoms with van der Waals surface area (Å²) in [6.07, 6.45) is 0. The Kier molecular flexibility index (Phi) is 4.05. The predicted molar refractivity (Wildman–Crippen MR) is 92.0 cm³/mol. The molecule has 3 aromatic rings. The van der Waals surface area contributed by atoms with Gasteiger partial charge < -0.3 is 4.57 Å².